The van der Waals surface area contributed by atoms with Crippen molar-refractivity contribution < 1.29 is 22.0 Å². The van der Waals surface area contributed by atoms with Crippen LogP contribution in [-0.2, 0) is 12.7 Å². The molecule has 1 heterocycles. The Kier molecular flexibility index (Phi) is 3.63. The number of aromatic nitrogens is 1. The van der Waals surface area contributed by atoms with Gasteiger partial charge < -0.3 is 5.73 Å². The Morgan fingerprint density at radius 1 is 1.41 bits per heavy atom. The summed E-state index contributed by atoms with van der Waals surface area (Å²) in [5.74, 6) is 0. The van der Waals surface area contributed by atoms with Crippen LogP contribution in [-0.4, -0.2) is 4.98 Å². The minimum absolute atomic E-state index is 0.432. The second-order valence-corrected chi connectivity index (χ2v) is 3.04. The molecule has 0 aliphatic rings. The molecule has 0 atom stereocenters. The first-order chi connectivity index (χ1) is 7.81. The van der Waals surface area contributed by atoms with Gasteiger partial charge in [-0.1, -0.05) is 0 Å². The number of rotatable bonds is 2. The van der Waals surface area contributed by atoms with Crippen molar-refractivity contribution >= 4 is 0 Å². The molecule has 1 rings (SSSR count). The Balaban J connectivity index is 3.52. The fourth-order valence-corrected chi connectivity index (χ4v) is 1.25. The van der Waals surface area contributed by atoms with Gasteiger partial charge in [-0.05, 0) is 11.6 Å². The lowest BCUT2D eigenvalue weighted by atomic mass is 10.1. The van der Waals surface area contributed by atoms with Gasteiger partial charge in [0.05, 0.1) is 5.56 Å². The summed E-state index contributed by atoms with van der Waals surface area (Å²) in [6.45, 7) is -0.528. The van der Waals surface area contributed by atoms with Crippen molar-refractivity contribution in [3.8, 4) is 6.07 Å². The molecule has 2 N–H and O–H groups in total. The van der Waals surface area contributed by atoms with Gasteiger partial charge in [-0.25, -0.2) is 13.8 Å². The summed E-state index contributed by atoms with van der Waals surface area (Å²) in [4.78, 5) is 2.87. The van der Waals surface area contributed by atoms with Crippen LogP contribution in [0, 0.1) is 11.3 Å². The van der Waals surface area contributed by atoms with Crippen LogP contribution in [0.5, 0.6) is 0 Å². The highest BCUT2D eigenvalue weighted by molar-refractivity contribution is 5.40. The number of pyridine rings is 1. The minimum Gasteiger partial charge on any atom is -0.326 e. The highest BCUT2D eigenvalue weighted by atomic mass is 19.4. The number of nitriles is 1. The summed E-state index contributed by atoms with van der Waals surface area (Å²) in [7, 11) is 0. The van der Waals surface area contributed by atoms with Gasteiger partial charge in [-0.3, -0.25) is 0 Å². The quantitative estimate of drug-likeness (QED) is 0.820. The lowest BCUT2D eigenvalue weighted by Crippen LogP contribution is -2.14. The lowest BCUT2D eigenvalue weighted by Gasteiger charge is -2.12. The maximum absolute atomic E-state index is 12.6. The van der Waals surface area contributed by atoms with E-state index in [9.17, 15) is 22.0 Å². The predicted molar refractivity (Wildman–Crippen MR) is 46.8 cm³/mol. The molecule has 3 nitrogen and oxygen atoms in total. The SMILES string of the molecule is N#Cc1nc(C(F)(F)F)cc(CN)c1C(F)F. The standard InChI is InChI=1S/C9H6F5N3/c10-8(11)7-4(2-15)1-6(9(12,13)14)17-5(7)3-16/h1,8H,2,15H2. The van der Waals surface area contributed by atoms with E-state index in [-0.39, 0.29) is 0 Å². The van der Waals surface area contributed by atoms with Crippen molar-refractivity contribution in [2.24, 2.45) is 5.73 Å². The summed E-state index contributed by atoms with van der Waals surface area (Å²) < 4.78 is 62.2. The van der Waals surface area contributed by atoms with E-state index in [2.05, 4.69) is 4.98 Å². The molecule has 0 radical (unpaired) electrons. The molecule has 0 unspecified atom stereocenters. The highest BCUT2D eigenvalue weighted by Gasteiger charge is 2.35. The molecule has 17 heavy (non-hydrogen) atoms. The molecule has 0 bridgehead atoms. The Morgan fingerprint density at radius 3 is 2.35 bits per heavy atom. The number of nitrogens with zero attached hydrogens (tertiary/aromatic N) is 2. The van der Waals surface area contributed by atoms with Crippen molar-refractivity contribution in [3.63, 3.8) is 0 Å². The first-order valence-electron chi connectivity index (χ1n) is 4.30. The summed E-state index contributed by atoms with van der Waals surface area (Å²) in [6.07, 6.45) is -7.91. The van der Waals surface area contributed by atoms with Crippen LogP contribution >= 0.6 is 0 Å². The molecule has 0 aliphatic carbocycles. The Morgan fingerprint density at radius 2 is 2.00 bits per heavy atom. The van der Waals surface area contributed by atoms with Gasteiger partial charge in [-0.2, -0.15) is 18.4 Å². The van der Waals surface area contributed by atoms with Crippen LogP contribution < -0.4 is 5.73 Å². The van der Waals surface area contributed by atoms with E-state index in [1.54, 1.807) is 0 Å². The molecule has 0 amide bonds. The molecule has 0 saturated carbocycles. The van der Waals surface area contributed by atoms with Crippen LogP contribution in [0.25, 0.3) is 0 Å². The molecule has 0 saturated heterocycles. The van der Waals surface area contributed by atoms with Crippen molar-refractivity contribution in [1.29, 1.82) is 5.26 Å². The third-order valence-corrected chi connectivity index (χ3v) is 1.98. The molecule has 0 spiro atoms. The topological polar surface area (TPSA) is 62.7 Å². The van der Waals surface area contributed by atoms with Crippen LogP contribution in [0.15, 0.2) is 6.07 Å². The smallest absolute Gasteiger partial charge is 0.326 e. The van der Waals surface area contributed by atoms with Crippen molar-refractivity contribution in [2.75, 3.05) is 0 Å². The molecule has 8 heteroatoms. The van der Waals surface area contributed by atoms with Crippen LogP contribution in [0.2, 0.25) is 0 Å². The second kappa shape index (κ2) is 4.63. The van der Waals surface area contributed by atoms with Gasteiger partial charge >= 0.3 is 6.18 Å². The zero-order valence-corrected chi connectivity index (χ0v) is 8.22. The average molecular weight is 251 g/mol. The van der Waals surface area contributed by atoms with Crippen molar-refractivity contribution in [2.45, 2.75) is 19.1 Å². The second-order valence-electron chi connectivity index (χ2n) is 3.04. The van der Waals surface area contributed by atoms with E-state index in [0.717, 1.165) is 0 Å². The molecule has 0 aromatic carbocycles. The van der Waals surface area contributed by atoms with Gasteiger partial charge in [0.15, 0.2) is 0 Å². The predicted octanol–water partition coefficient (Wildman–Crippen LogP) is 2.37. The highest BCUT2D eigenvalue weighted by Crippen LogP contribution is 2.32. The summed E-state index contributed by atoms with van der Waals surface area (Å²) >= 11 is 0. The molecule has 1 aromatic rings. The lowest BCUT2D eigenvalue weighted by molar-refractivity contribution is -0.141. The van der Waals surface area contributed by atoms with Crippen LogP contribution in [0.4, 0.5) is 22.0 Å². The third kappa shape index (κ3) is 2.68. The summed E-state index contributed by atoms with van der Waals surface area (Å²) in [5, 5.41) is 8.52. The first-order valence-corrected chi connectivity index (χ1v) is 4.30. The average Bonchev–Trinajstić information content (AvgIpc) is 2.25. The third-order valence-electron chi connectivity index (χ3n) is 1.98. The molecular formula is C9H6F5N3. The number of alkyl halides is 5. The zero-order chi connectivity index (χ0) is 13.2. The number of hydrogen-bond donors (Lipinski definition) is 1. The number of nitrogens with two attached hydrogens (primary N) is 1. The van der Waals surface area contributed by atoms with E-state index in [4.69, 9.17) is 11.0 Å². The molecule has 1 aromatic heterocycles. The van der Waals surface area contributed by atoms with Crippen molar-refractivity contribution in [1.82, 2.24) is 4.98 Å². The van der Waals surface area contributed by atoms with Crippen LogP contribution in [0.3, 0.4) is 0 Å². The first kappa shape index (κ1) is 13.3. The summed E-state index contributed by atoms with van der Waals surface area (Å²) in [5.41, 5.74) is 1.46. The molecular weight excluding hydrogens is 245 g/mol. The summed E-state index contributed by atoms with van der Waals surface area (Å²) in [6, 6.07) is 1.65. The van der Waals surface area contributed by atoms with E-state index >= 15 is 0 Å². The Labute approximate surface area is 92.7 Å². The maximum Gasteiger partial charge on any atom is 0.433 e. The molecule has 92 valence electrons. The minimum atomic E-state index is -4.81. The van der Waals surface area contributed by atoms with Gasteiger partial charge in [0.1, 0.15) is 17.5 Å². The van der Waals surface area contributed by atoms with E-state index in [0.29, 0.717) is 6.07 Å². The molecule has 0 aliphatic heterocycles. The number of hydrogen-bond acceptors (Lipinski definition) is 3. The monoisotopic (exact) mass is 251 g/mol. The number of halogens is 5. The van der Waals surface area contributed by atoms with E-state index in [1.165, 1.54) is 6.07 Å². The van der Waals surface area contributed by atoms with Gasteiger partial charge in [0, 0.05) is 6.54 Å². The van der Waals surface area contributed by atoms with Crippen LogP contribution in [0.1, 0.15) is 28.9 Å². The normalized spacial score (nSPS) is 11.6. The van der Waals surface area contributed by atoms with Gasteiger partial charge in [0.25, 0.3) is 6.43 Å². The van der Waals surface area contributed by atoms with Crippen molar-refractivity contribution in [3.05, 3.63) is 28.6 Å². The maximum atomic E-state index is 12.6. The zero-order valence-electron chi connectivity index (χ0n) is 8.22. The van der Waals surface area contributed by atoms with E-state index < -0.39 is 41.7 Å². The Bertz CT molecular complexity index is 461. The molecule has 0 fully saturated rings. The fourth-order valence-electron chi connectivity index (χ4n) is 1.25. The largest absolute Gasteiger partial charge is 0.433 e. The fraction of sp³-hybridized carbons (Fsp3) is 0.333. The van der Waals surface area contributed by atoms with E-state index in [1.807, 2.05) is 0 Å². The van der Waals surface area contributed by atoms with Gasteiger partial charge in [-0.15, -0.1) is 0 Å². The van der Waals surface area contributed by atoms with Gasteiger partial charge in [0.2, 0.25) is 0 Å². The Hall–Kier alpha value is -1.75.